The van der Waals surface area contributed by atoms with E-state index in [0.717, 1.165) is 18.2 Å². The number of carbonyl (C=O) groups is 1. The SMILES string of the molecule is O=C(Cc1ccccc1)N1N=C(C(F)(F)F)CC1(O)c1ccccc1C(F)(F)F. The molecule has 3 rings (SSSR count). The van der Waals surface area contributed by atoms with Crippen molar-refractivity contribution in [2.75, 3.05) is 0 Å². The van der Waals surface area contributed by atoms with Crippen molar-refractivity contribution in [2.24, 2.45) is 5.10 Å². The number of hydrogen-bond acceptors (Lipinski definition) is 3. The first-order chi connectivity index (χ1) is 13.4. The van der Waals surface area contributed by atoms with Gasteiger partial charge in [0.25, 0.3) is 0 Å². The fourth-order valence-electron chi connectivity index (χ4n) is 3.10. The second-order valence-electron chi connectivity index (χ2n) is 6.45. The summed E-state index contributed by atoms with van der Waals surface area (Å²) in [5.41, 5.74) is -6.29. The summed E-state index contributed by atoms with van der Waals surface area (Å²) in [6.07, 6.45) is -11.7. The van der Waals surface area contributed by atoms with Crippen molar-refractivity contribution in [2.45, 2.75) is 30.9 Å². The Morgan fingerprint density at radius 3 is 2.14 bits per heavy atom. The van der Waals surface area contributed by atoms with Gasteiger partial charge >= 0.3 is 12.4 Å². The maximum absolute atomic E-state index is 13.4. The Kier molecular flexibility index (Phi) is 5.16. The summed E-state index contributed by atoms with van der Waals surface area (Å²) >= 11 is 0. The molecule has 0 radical (unpaired) electrons. The molecule has 1 N–H and O–H groups in total. The number of halogens is 6. The Morgan fingerprint density at radius 1 is 0.966 bits per heavy atom. The number of amides is 1. The van der Waals surface area contributed by atoms with E-state index in [1.165, 1.54) is 12.1 Å². The Labute approximate surface area is 161 Å². The van der Waals surface area contributed by atoms with Gasteiger partial charge in [0, 0.05) is 5.56 Å². The molecule has 1 aliphatic rings. The summed E-state index contributed by atoms with van der Waals surface area (Å²) in [6.45, 7) is 0. The molecule has 0 saturated carbocycles. The lowest BCUT2D eigenvalue weighted by molar-refractivity contribution is -0.163. The first kappa shape index (κ1) is 20.8. The van der Waals surface area contributed by atoms with E-state index in [0.29, 0.717) is 11.6 Å². The fraction of sp³-hybridized carbons (Fsp3) is 0.263. The van der Waals surface area contributed by atoms with Crippen LogP contribution in [0, 0.1) is 0 Å². The summed E-state index contributed by atoms with van der Waals surface area (Å²) in [6, 6.07) is 11.5. The third kappa shape index (κ3) is 4.12. The molecule has 10 heteroatoms. The normalized spacial score (nSPS) is 20.0. The van der Waals surface area contributed by atoms with E-state index in [2.05, 4.69) is 5.10 Å². The number of benzene rings is 2. The number of aliphatic hydroxyl groups is 1. The predicted octanol–water partition coefficient (Wildman–Crippen LogP) is 4.24. The molecule has 0 saturated heterocycles. The molecular weight excluding hydrogens is 402 g/mol. The molecule has 2 aromatic carbocycles. The highest BCUT2D eigenvalue weighted by molar-refractivity contribution is 5.95. The number of alkyl halides is 6. The van der Waals surface area contributed by atoms with Gasteiger partial charge in [0.15, 0.2) is 5.72 Å². The van der Waals surface area contributed by atoms with Crippen LogP contribution < -0.4 is 0 Å². The minimum atomic E-state index is -5.02. The van der Waals surface area contributed by atoms with Crippen LogP contribution in [-0.4, -0.2) is 27.9 Å². The van der Waals surface area contributed by atoms with Crippen molar-refractivity contribution in [3.8, 4) is 0 Å². The molecule has 0 bridgehead atoms. The second-order valence-corrected chi connectivity index (χ2v) is 6.45. The first-order valence-electron chi connectivity index (χ1n) is 8.33. The molecule has 0 aliphatic carbocycles. The zero-order chi connectivity index (χ0) is 21.4. The molecule has 1 aliphatic heterocycles. The molecule has 0 aromatic heterocycles. The fourth-order valence-corrected chi connectivity index (χ4v) is 3.10. The van der Waals surface area contributed by atoms with Crippen LogP contribution in [0.5, 0.6) is 0 Å². The molecular formula is C19H14F6N2O2. The van der Waals surface area contributed by atoms with E-state index < -0.39 is 53.7 Å². The Bertz CT molecular complexity index is 940. The van der Waals surface area contributed by atoms with Gasteiger partial charge in [-0.1, -0.05) is 48.5 Å². The van der Waals surface area contributed by atoms with Gasteiger partial charge in [-0.25, -0.2) is 0 Å². The van der Waals surface area contributed by atoms with Crippen LogP contribution in [0.4, 0.5) is 26.3 Å². The van der Waals surface area contributed by atoms with Crippen molar-refractivity contribution in [3.63, 3.8) is 0 Å². The number of carbonyl (C=O) groups excluding carboxylic acids is 1. The Balaban J connectivity index is 2.08. The van der Waals surface area contributed by atoms with Crippen LogP contribution in [-0.2, 0) is 23.1 Å². The van der Waals surface area contributed by atoms with Gasteiger partial charge in [-0.3, -0.25) is 4.79 Å². The molecule has 4 nitrogen and oxygen atoms in total. The molecule has 0 spiro atoms. The average molecular weight is 416 g/mol. The monoisotopic (exact) mass is 416 g/mol. The second kappa shape index (κ2) is 7.18. The van der Waals surface area contributed by atoms with E-state index in [4.69, 9.17) is 0 Å². The van der Waals surface area contributed by atoms with Crippen LogP contribution in [0.15, 0.2) is 59.7 Å². The topological polar surface area (TPSA) is 52.9 Å². The van der Waals surface area contributed by atoms with Crippen LogP contribution in [0.1, 0.15) is 23.1 Å². The van der Waals surface area contributed by atoms with Gasteiger partial charge in [0.2, 0.25) is 5.91 Å². The molecule has 154 valence electrons. The maximum atomic E-state index is 13.4. The van der Waals surface area contributed by atoms with Gasteiger partial charge in [-0.15, -0.1) is 0 Å². The van der Waals surface area contributed by atoms with Gasteiger partial charge < -0.3 is 5.11 Å². The summed E-state index contributed by atoms with van der Waals surface area (Å²) in [5, 5.41) is 14.2. The van der Waals surface area contributed by atoms with Crippen molar-refractivity contribution in [3.05, 3.63) is 71.3 Å². The van der Waals surface area contributed by atoms with Crippen molar-refractivity contribution in [1.29, 1.82) is 0 Å². The molecule has 1 atom stereocenters. The molecule has 0 fully saturated rings. The number of hydrazone groups is 1. The van der Waals surface area contributed by atoms with Crippen molar-refractivity contribution < 1.29 is 36.2 Å². The highest BCUT2D eigenvalue weighted by Crippen LogP contribution is 2.44. The van der Waals surface area contributed by atoms with Gasteiger partial charge in [0.1, 0.15) is 5.71 Å². The maximum Gasteiger partial charge on any atom is 0.431 e. The average Bonchev–Trinajstić information content (AvgIpc) is 3.01. The van der Waals surface area contributed by atoms with E-state index in [9.17, 15) is 36.2 Å². The Hall–Kier alpha value is -2.88. The van der Waals surface area contributed by atoms with Crippen LogP contribution in [0.25, 0.3) is 0 Å². The zero-order valence-electron chi connectivity index (χ0n) is 14.6. The van der Waals surface area contributed by atoms with E-state index >= 15 is 0 Å². The molecule has 1 unspecified atom stereocenters. The van der Waals surface area contributed by atoms with Gasteiger partial charge in [-0.2, -0.15) is 36.5 Å². The van der Waals surface area contributed by atoms with E-state index in [1.54, 1.807) is 18.2 Å². The third-order valence-corrected chi connectivity index (χ3v) is 4.41. The number of hydrogen-bond donors (Lipinski definition) is 1. The van der Waals surface area contributed by atoms with Crippen molar-refractivity contribution in [1.82, 2.24) is 5.01 Å². The van der Waals surface area contributed by atoms with Crippen LogP contribution >= 0.6 is 0 Å². The Morgan fingerprint density at radius 2 is 1.55 bits per heavy atom. The summed E-state index contributed by atoms with van der Waals surface area (Å²) in [4.78, 5) is 12.6. The largest absolute Gasteiger partial charge is 0.431 e. The third-order valence-electron chi connectivity index (χ3n) is 4.41. The zero-order valence-corrected chi connectivity index (χ0v) is 14.6. The summed E-state index contributed by atoms with van der Waals surface area (Å²) in [7, 11) is 0. The highest BCUT2D eigenvalue weighted by atomic mass is 19.4. The van der Waals surface area contributed by atoms with Gasteiger partial charge in [0.05, 0.1) is 18.4 Å². The first-order valence-corrected chi connectivity index (χ1v) is 8.33. The van der Waals surface area contributed by atoms with E-state index in [-0.39, 0.29) is 5.01 Å². The van der Waals surface area contributed by atoms with Crippen molar-refractivity contribution >= 4 is 11.6 Å². The lowest BCUT2D eigenvalue weighted by Crippen LogP contribution is -2.45. The lowest BCUT2D eigenvalue weighted by atomic mass is 9.92. The highest BCUT2D eigenvalue weighted by Gasteiger charge is 2.55. The summed E-state index contributed by atoms with van der Waals surface area (Å²) in [5.74, 6) is -1.07. The summed E-state index contributed by atoms with van der Waals surface area (Å²) < 4.78 is 79.9. The standard InChI is InChI=1S/C19H14F6N2O2/c20-18(21,22)14-9-5-4-8-13(14)17(29)11-15(19(23,24)25)26-27(17)16(28)10-12-6-2-1-3-7-12/h1-9,29H,10-11H2. The minimum absolute atomic E-state index is 0.105. The smallest absolute Gasteiger partial charge is 0.365 e. The quantitative estimate of drug-likeness (QED) is 0.761. The molecule has 2 aromatic rings. The molecule has 1 heterocycles. The van der Waals surface area contributed by atoms with Gasteiger partial charge in [-0.05, 0) is 11.6 Å². The lowest BCUT2D eigenvalue weighted by Gasteiger charge is -2.33. The van der Waals surface area contributed by atoms with Crippen LogP contribution in [0.3, 0.4) is 0 Å². The number of rotatable bonds is 3. The van der Waals surface area contributed by atoms with E-state index in [1.807, 2.05) is 0 Å². The molecule has 1 amide bonds. The molecule has 29 heavy (non-hydrogen) atoms. The minimum Gasteiger partial charge on any atom is -0.365 e. The van der Waals surface area contributed by atoms with Crippen LogP contribution in [0.2, 0.25) is 0 Å². The predicted molar refractivity (Wildman–Crippen MR) is 90.4 cm³/mol. The number of nitrogens with zero attached hydrogens (tertiary/aromatic N) is 2.